The van der Waals surface area contributed by atoms with Crippen molar-refractivity contribution < 1.29 is 32.4 Å². The standard InChI is InChI=1S/C17H12F3N7O5/c1-32-13-6-5-12(22-23-13)26-14(17(18,19)20)11(8-21-26)16(29)25-24-15(28)9-3-2-4-10(7-9)27(30)31/h2-8H,1H3,(H,24,28)(H,25,29). The second-order valence-electron chi connectivity index (χ2n) is 5.97. The average molecular weight is 451 g/mol. The Labute approximate surface area is 176 Å². The third-order valence-corrected chi connectivity index (χ3v) is 3.94. The Morgan fingerprint density at radius 1 is 1.12 bits per heavy atom. The van der Waals surface area contributed by atoms with Gasteiger partial charge < -0.3 is 4.74 Å². The number of nitrogens with one attached hydrogen (secondary N) is 2. The molecule has 2 N–H and O–H groups in total. The lowest BCUT2D eigenvalue weighted by atomic mass is 10.2. The lowest BCUT2D eigenvalue weighted by Gasteiger charge is -2.12. The molecule has 0 radical (unpaired) electrons. The first-order valence-electron chi connectivity index (χ1n) is 8.50. The number of carbonyl (C=O) groups excluding carboxylic acids is 2. The van der Waals surface area contributed by atoms with Gasteiger partial charge in [-0.3, -0.25) is 30.6 Å². The van der Waals surface area contributed by atoms with E-state index >= 15 is 0 Å². The van der Waals surface area contributed by atoms with E-state index in [1.807, 2.05) is 10.9 Å². The van der Waals surface area contributed by atoms with Crippen LogP contribution in [-0.2, 0) is 6.18 Å². The Hall–Kier alpha value is -4.56. The highest BCUT2D eigenvalue weighted by molar-refractivity contribution is 5.99. The summed E-state index contributed by atoms with van der Waals surface area (Å²) in [6.07, 6.45) is -4.38. The minimum Gasteiger partial charge on any atom is -0.480 e. The molecule has 0 bridgehead atoms. The second-order valence-corrected chi connectivity index (χ2v) is 5.97. The van der Waals surface area contributed by atoms with Crippen molar-refractivity contribution in [1.29, 1.82) is 0 Å². The van der Waals surface area contributed by atoms with E-state index in [1.165, 1.54) is 25.3 Å². The summed E-state index contributed by atoms with van der Waals surface area (Å²) in [5, 5.41) is 21.5. The van der Waals surface area contributed by atoms with E-state index < -0.39 is 34.2 Å². The van der Waals surface area contributed by atoms with Crippen molar-refractivity contribution in [3.63, 3.8) is 0 Å². The molecule has 0 unspecified atom stereocenters. The Bertz CT molecular complexity index is 1180. The topological polar surface area (TPSA) is 154 Å². The van der Waals surface area contributed by atoms with Crippen LogP contribution in [-0.4, -0.2) is 43.8 Å². The summed E-state index contributed by atoms with van der Waals surface area (Å²) in [7, 11) is 1.29. The lowest BCUT2D eigenvalue weighted by Crippen LogP contribution is -2.42. The maximum Gasteiger partial charge on any atom is 0.434 e. The second kappa shape index (κ2) is 8.66. The van der Waals surface area contributed by atoms with Gasteiger partial charge in [-0.2, -0.15) is 18.3 Å². The zero-order valence-corrected chi connectivity index (χ0v) is 16.0. The van der Waals surface area contributed by atoms with Crippen LogP contribution < -0.4 is 15.6 Å². The average Bonchev–Trinajstić information content (AvgIpc) is 3.23. The SMILES string of the molecule is COc1ccc(-n2ncc(C(=O)NNC(=O)c3cccc([N+](=O)[O-])c3)c2C(F)(F)F)nn1. The number of hydrogen-bond donors (Lipinski definition) is 2. The van der Waals surface area contributed by atoms with Gasteiger partial charge in [0.25, 0.3) is 17.5 Å². The zero-order chi connectivity index (χ0) is 23.5. The van der Waals surface area contributed by atoms with Gasteiger partial charge in [-0.25, -0.2) is 4.68 Å². The number of hydrogen-bond acceptors (Lipinski definition) is 8. The van der Waals surface area contributed by atoms with Gasteiger partial charge in [0.2, 0.25) is 5.88 Å². The van der Waals surface area contributed by atoms with Crippen LogP contribution in [0.25, 0.3) is 5.82 Å². The van der Waals surface area contributed by atoms with Crippen LogP contribution in [0.5, 0.6) is 5.88 Å². The summed E-state index contributed by atoms with van der Waals surface area (Å²) < 4.78 is 46.1. The Kier molecular flexibility index (Phi) is 5.99. The summed E-state index contributed by atoms with van der Waals surface area (Å²) in [5.74, 6) is -2.60. The highest BCUT2D eigenvalue weighted by Gasteiger charge is 2.41. The molecule has 3 aromatic rings. The number of methoxy groups -OCH3 is 1. The highest BCUT2D eigenvalue weighted by Crippen LogP contribution is 2.33. The van der Waals surface area contributed by atoms with E-state index in [0.717, 1.165) is 18.2 Å². The van der Waals surface area contributed by atoms with Gasteiger partial charge in [0.1, 0.15) is 0 Å². The number of hydrazine groups is 1. The molecule has 1 aromatic carbocycles. The number of nitro benzene ring substituents is 1. The molecular weight excluding hydrogens is 439 g/mol. The van der Waals surface area contributed by atoms with E-state index in [0.29, 0.717) is 10.9 Å². The van der Waals surface area contributed by atoms with E-state index in [4.69, 9.17) is 4.74 Å². The molecule has 0 saturated heterocycles. The predicted molar refractivity (Wildman–Crippen MR) is 98.7 cm³/mol. The largest absolute Gasteiger partial charge is 0.480 e. The Balaban J connectivity index is 1.83. The number of amides is 2. The van der Waals surface area contributed by atoms with Gasteiger partial charge in [0, 0.05) is 23.8 Å². The van der Waals surface area contributed by atoms with Crippen LogP contribution in [0.2, 0.25) is 0 Å². The molecule has 2 heterocycles. The van der Waals surface area contributed by atoms with E-state index in [2.05, 4.69) is 15.3 Å². The number of aromatic nitrogens is 4. The molecule has 2 amide bonds. The first-order valence-corrected chi connectivity index (χ1v) is 8.50. The number of rotatable bonds is 5. The van der Waals surface area contributed by atoms with Gasteiger partial charge in [-0.05, 0) is 12.1 Å². The zero-order valence-electron chi connectivity index (χ0n) is 16.0. The Morgan fingerprint density at radius 3 is 2.44 bits per heavy atom. The normalized spacial score (nSPS) is 11.0. The number of ether oxygens (including phenoxy) is 1. The fourth-order valence-electron chi connectivity index (χ4n) is 2.51. The van der Waals surface area contributed by atoms with Crippen LogP contribution >= 0.6 is 0 Å². The summed E-state index contributed by atoms with van der Waals surface area (Å²) in [6.45, 7) is 0. The summed E-state index contributed by atoms with van der Waals surface area (Å²) in [6, 6.07) is 6.93. The molecular formula is C17H12F3N7O5. The Morgan fingerprint density at radius 2 is 1.84 bits per heavy atom. The molecule has 12 nitrogen and oxygen atoms in total. The van der Waals surface area contributed by atoms with Crippen LogP contribution in [0, 0.1) is 10.1 Å². The third kappa shape index (κ3) is 4.61. The van der Waals surface area contributed by atoms with Crippen LogP contribution in [0.3, 0.4) is 0 Å². The minimum absolute atomic E-state index is 0.0521. The van der Waals surface area contributed by atoms with Crippen molar-refractivity contribution in [3.8, 4) is 11.7 Å². The minimum atomic E-state index is -5.02. The van der Waals surface area contributed by atoms with Gasteiger partial charge in [-0.1, -0.05) is 6.07 Å². The van der Waals surface area contributed by atoms with Gasteiger partial charge >= 0.3 is 6.18 Å². The smallest absolute Gasteiger partial charge is 0.434 e. The summed E-state index contributed by atoms with van der Waals surface area (Å²) in [4.78, 5) is 34.5. The fourth-order valence-corrected chi connectivity index (χ4v) is 2.51. The molecule has 15 heteroatoms. The highest BCUT2D eigenvalue weighted by atomic mass is 19.4. The number of nitrogens with zero attached hydrogens (tertiary/aromatic N) is 5. The number of carbonyl (C=O) groups is 2. The van der Waals surface area contributed by atoms with Crippen molar-refractivity contribution in [2.45, 2.75) is 6.18 Å². The quantitative estimate of drug-likeness (QED) is 0.439. The van der Waals surface area contributed by atoms with Gasteiger partial charge in [-0.15, -0.1) is 10.2 Å². The maximum atomic E-state index is 13.7. The van der Waals surface area contributed by atoms with Gasteiger partial charge in [0.15, 0.2) is 11.5 Å². The molecule has 0 saturated carbocycles. The fraction of sp³-hybridized carbons (Fsp3) is 0.118. The van der Waals surface area contributed by atoms with Crippen molar-refractivity contribution >= 4 is 17.5 Å². The van der Waals surface area contributed by atoms with E-state index in [1.54, 1.807) is 0 Å². The number of halogens is 3. The van der Waals surface area contributed by atoms with Crippen LogP contribution in [0.15, 0.2) is 42.6 Å². The van der Waals surface area contributed by atoms with Crippen LogP contribution in [0.4, 0.5) is 18.9 Å². The van der Waals surface area contributed by atoms with Crippen molar-refractivity contribution in [1.82, 2.24) is 30.8 Å². The maximum absolute atomic E-state index is 13.7. The number of non-ortho nitro benzene ring substituents is 1. The van der Waals surface area contributed by atoms with Crippen molar-refractivity contribution in [2.75, 3.05) is 7.11 Å². The molecule has 0 aliphatic heterocycles. The van der Waals surface area contributed by atoms with Crippen molar-refractivity contribution in [2.24, 2.45) is 0 Å². The molecule has 0 aliphatic rings. The molecule has 0 fully saturated rings. The molecule has 0 aliphatic carbocycles. The molecule has 32 heavy (non-hydrogen) atoms. The monoisotopic (exact) mass is 451 g/mol. The summed E-state index contributed by atoms with van der Waals surface area (Å²) >= 11 is 0. The lowest BCUT2D eigenvalue weighted by molar-refractivity contribution is -0.384. The van der Waals surface area contributed by atoms with Gasteiger partial charge in [0.05, 0.1) is 23.8 Å². The molecule has 0 atom stereocenters. The first kappa shape index (κ1) is 22.1. The summed E-state index contributed by atoms with van der Waals surface area (Å²) in [5.41, 5.74) is 0.774. The first-order chi connectivity index (χ1) is 15.1. The van der Waals surface area contributed by atoms with E-state index in [9.17, 15) is 32.9 Å². The molecule has 2 aromatic heterocycles. The van der Waals surface area contributed by atoms with Crippen molar-refractivity contribution in [3.05, 3.63) is 69.5 Å². The number of benzene rings is 1. The van der Waals surface area contributed by atoms with Crippen LogP contribution in [0.1, 0.15) is 26.4 Å². The molecule has 0 spiro atoms. The number of nitro groups is 1. The third-order valence-electron chi connectivity index (χ3n) is 3.94. The molecule has 3 rings (SSSR count). The van der Waals surface area contributed by atoms with E-state index in [-0.39, 0.29) is 22.9 Å². The predicted octanol–water partition coefficient (Wildman–Crippen LogP) is 1.67. The molecule has 166 valence electrons. The number of alkyl halides is 3.